The van der Waals surface area contributed by atoms with Crippen molar-refractivity contribution >= 4 is 23.4 Å². The molecule has 1 heterocycles. The van der Waals surface area contributed by atoms with E-state index in [0.29, 0.717) is 29.8 Å². The van der Waals surface area contributed by atoms with Crippen LogP contribution in [0.3, 0.4) is 0 Å². The van der Waals surface area contributed by atoms with E-state index < -0.39 is 0 Å². The van der Waals surface area contributed by atoms with E-state index in [1.165, 1.54) is 0 Å². The summed E-state index contributed by atoms with van der Waals surface area (Å²) >= 11 is 0. The molecule has 0 amide bonds. The van der Waals surface area contributed by atoms with Gasteiger partial charge in [-0.1, -0.05) is 19.1 Å². The Morgan fingerprint density at radius 3 is 2.78 bits per heavy atom. The van der Waals surface area contributed by atoms with E-state index in [-0.39, 0.29) is 5.97 Å². The van der Waals surface area contributed by atoms with Gasteiger partial charge in [-0.2, -0.15) is 4.98 Å². The van der Waals surface area contributed by atoms with Crippen molar-refractivity contribution in [1.29, 1.82) is 0 Å². The molecule has 2 rings (SSSR count). The number of nitrogens with zero attached hydrogens (tertiary/aromatic N) is 2. The number of esters is 1. The minimum absolute atomic E-state index is 0.324. The molecule has 2 N–H and O–H groups in total. The Morgan fingerprint density at radius 1 is 1.26 bits per heavy atom. The lowest BCUT2D eigenvalue weighted by Gasteiger charge is -2.13. The summed E-state index contributed by atoms with van der Waals surface area (Å²) in [5.74, 6) is 0.796. The largest absolute Gasteiger partial charge is 0.462 e. The predicted octanol–water partition coefficient (Wildman–Crippen LogP) is 3.61. The van der Waals surface area contributed by atoms with Gasteiger partial charge in [-0.3, -0.25) is 0 Å². The molecule has 6 heteroatoms. The molecule has 1 unspecified atom stereocenters. The maximum Gasteiger partial charge on any atom is 0.340 e. The highest BCUT2D eigenvalue weighted by Crippen LogP contribution is 2.20. The van der Waals surface area contributed by atoms with Crippen molar-refractivity contribution in [2.45, 2.75) is 33.2 Å². The molecule has 0 spiro atoms. The number of carbonyl (C=O) groups is 1. The number of rotatable bonds is 7. The first-order chi connectivity index (χ1) is 11.1. The second-order valence-electron chi connectivity index (χ2n) is 5.11. The molecule has 2 aromatic rings. The summed E-state index contributed by atoms with van der Waals surface area (Å²) in [5, 5.41) is 6.37. The number of anilines is 3. The topological polar surface area (TPSA) is 76.1 Å². The van der Waals surface area contributed by atoms with Gasteiger partial charge in [0.25, 0.3) is 0 Å². The van der Waals surface area contributed by atoms with Gasteiger partial charge in [0.1, 0.15) is 5.82 Å². The van der Waals surface area contributed by atoms with Crippen molar-refractivity contribution in [1.82, 2.24) is 9.97 Å². The number of aromatic nitrogens is 2. The van der Waals surface area contributed by atoms with Crippen LogP contribution < -0.4 is 10.6 Å². The van der Waals surface area contributed by atoms with E-state index in [1.807, 2.05) is 12.1 Å². The van der Waals surface area contributed by atoms with Gasteiger partial charge >= 0.3 is 5.97 Å². The average molecular weight is 314 g/mol. The third-order valence-corrected chi connectivity index (χ3v) is 3.33. The van der Waals surface area contributed by atoms with Gasteiger partial charge in [0.05, 0.1) is 17.9 Å². The Bertz CT molecular complexity index is 661. The molecule has 0 aliphatic heterocycles. The molecule has 0 radical (unpaired) electrons. The van der Waals surface area contributed by atoms with E-state index >= 15 is 0 Å². The van der Waals surface area contributed by atoms with Crippen LogP contribution >= 0.6 is 0 Å². The van der Waals surface area contributed by atoms with E-state index in [0.717, 1.165) is 12.2 Å². The smallest absolute Gasteiger partial charge is 0.340 e. The minimum atomic E-state index is -0.371. The molecule has 1 aromatic carbocycles. The van der Waals surface area contributed by atoms with Gasteiger partial charge in [-0.25, -0.2) is 9.78 Å². The zero-order valence-electron chi connectivity index (χ0n) is 13.7. The van der Waals surface area contributed by atoms with Crippen molar-refractivity contribution in [3.05, 3.63) is 42.1 Å². The molecule has 0 aliphatic carbocycles. The van der Waals surface area contributed by atoms with Crippen LogP contribution in [-0.4, -0.2) is 28.6 Å². The lowest BCUT2D eigenvalue weighted by Crippen LogP contribution is -2.15. The van der Waals surface area contributed by atoms with Gasteiger partial charge < -0.3 is 15.4 Å². The number of ether oxygens (including phenoxy) is 1. The van der Waals surface area contributed by atoms with E-state index in [2.05, 4.69) is 34.4 Å². The molecule has 6 nitrogen and oxygen atoms in total. The normalized spacial score (nSPS) is 11.6. The first-order valence-corrected chi connectivity index (χ1v) is 7.76. The Morgan fingerprint density at radius 2 is 2.04 bits per heavy atom. The van der Waals surface area contributed by atoms with Crippen molar-refractivity contribution in [3.63, 3.8) is 0 Å². The molecule has 23 heavy (non-hydrogen) atoms. The molecule has 122 valence electrons. The number of para-hydroxylation sites is 1. The Balaban J connectivity index is 2.19. The monoisotopic (exact) mass is 314 g/mol. The number of nitrogens with one attached hydrogen (secondary N) is 2. The molecule has 0 saturated carbocycles. The number of carbonyl (C=O) groups excluding carboxylic acids is 1. The molecule has 0 aliphatic rings. The van der Waals surface area contributed by atoms with Gasteiger partial charge in [0.2, 0.25) is 5.95 Å². The number of hydrogen-bond acceptors (Lipinski definition) is 6. The quantitative estimate of drug-likeness (QED) is 0.760. The molecular formula is C17H22N4O2. The van der Waals surface area contributed by atoms with Crippen LogP contribution in [0, 0.1) is 0 Å². The van der Waals surface area contributed by atoms with Crippen LogP contribution in [0.5, 0.6) is 0 Å². The lowest BCUT2D eigenvalue weighted by molar-refractivity contribution is 0.0527. The minimum Gasteiger partial charge on any atom is -0.462 e. The van der Waals surface area contributed by atoms with E-state index in [1.54, 1.807) is 31.3 Å². The molecular weight excluding hydrogens is 292 g/mol. The first-order valence-electron chi connectivity index (χ1n) is 7.76. The molecule has 0 fully saturated rings. The zero-order chi connectivity index (χ0) is 16.7. The van der Waals surface area contributed by atoms with E-state index in [4.69, 9.17) is 4.74 Å². The van der Waals surface area contributed by atoms with Gasteiger partial charge in [-0.15, -0.1) is 0 Å². The van der Waals surface area contributed by atoms with Crippen LogP contribution in [0.4, 0.5) is 17.5 Å². The standard InChI is InChI=1S/C17H22N4O2/c1-4-12(3)19-15-10-11-18-17(21-15)20-14-9-7-6-8-13(14)16(22)23-5-2/h6-12H,4-5H2,1-3H3,(H2,18,19,20,21). The summed E-state index contributed by atoms with van der Waals surface area (Å²) in [6.45, 7) is 6.30. The van der Waals surface area contributed by atoms with Crippen molar-refractivity contribution in [2.24, 2.45) is 0 Å². The van der Waals surface area contributed by atoms with Crippen LogP contribution in [-0.2, 0) is 4.74 Å². The first kappa shape index (κ1) is 16.7. The summed E-state index contributed by atoms with van der Waals surface area (Å²) in [6, 6.07) is 9.27. The lowest BCUT2D eigenvalue weighted by atomic mass is 10.2. The summed E-state index contributed by atoms with van der Waals surface area (Å²) < 4.78 is 5.07. The predicted molar refractivity (Wildman–Crippen MR) is 91.1 cm³/mol. The van der Waals surface area contributed by atoms with E-state index in [9.17, 15) is 4.79 Å². The third-order valence-electron chi connectivity index (χ3n) is 3.33. The number of hydrogen-bond donors (Lipinski definition) is 2. The summed E-state index contributed by atoms with van der Waals surface area (Å²) in [5.41, 5.74) is 1.07. The van der Waals surface area contributed by atoms with Crippen LogP contribution in [0.1, 0.15) is 37.6 Å². The van der Waals surface area contributed by atoms with Gasteiger partial charge in [0, 0.05) is 12.2 Å². The maximum atomic E-state index is 12.0. The van der Waals surface area contributed by atoms with Crippen molar-refractivity contribution in [2.75, 3.05) is 17.2 Å². The average Bonchev–Trinajstić information content (AvgIpc) is 2.56. The maximum absolute atomic E-state index is 12.0. The van der Waals surface area contributed by atoms with Crippen molar-refractivity contribution in [3.8, 4) is 0 Å². The second kappa shape index (κ2) is 8.12. The van der Waals surface area contributed by atoms with Crippen LogP contribution in [0.25, 0.3) is 0 Å². The third kappa shape index (κ3) is 4.67. The molecule has 1 aromatic heterocycles. The zero-order valence-corrected chi connectivity index (χ0v) is 13.7. The Kier molecular flexibility index (Phi) is 5.91. The second-order valence-corrected chi connectivity index (χ2v) is 5.11. The highest BCUT2D eigenvalue weighted by Gasteiger charge is 2.13. The van der Waals surface area contributed by atoms with Crippen LogP contribution in [0.2, 0.25) is 0 Å². The fraction of sp³-hybridized carbons (Fsp3) is 0.353. The summed E-state index contributed by atoms with van der Waals surface area (Å²) in [7, 11) is 0. The summed E-state index contributed by atoms with van der Waals surface area (Å²) in [4.78, 5) is 20.6. The fourth-order valence-corrected chi connectivity index (χ4v) is 1.95. The summed E-state index contributed by atoms with van der Waals surface area (Å²) in [6.07, 6.45) is 2.67. The Labute approximate surface area is 136 Å². The highest BCUT2D eigenvalue weighted by molar-refractivity contribution is 5.96. The fourth-order valence-electron chi connectivity index (χ4n) is 1.95. The molecule has 0 saturated heterocycles. The highest BCUT2D eigenvalue weighted by atomic mass is 16.5. The van der Waals surface area contributed by atoms with Crippen LogP contribution in [0.15, 0.2) is 36.5 Å². The van der Waals surface area contributed by atoms with Crippen molar-refractivity contribution < 1.29 is 9.53 Å². The molecule has 1 atom stereocenters. The Hall–Kier alpha value is -2.63. The van der Waals surface area contributed by atoms with Gasteiger partial charge in [-0.05, 0) is 38.5 Å². The SMILES string of the molecule is CCOC(=O)c1ccccc1Nc1nccc(NC(C)CC)n1. The number of benzene rings is 1. The molecule has 0 bridgehead atoms. The van der Waals surface area contributed by atoms with Gasteiger partial charge in [0.15, 0.2) is 0 Å².